The molecule has 1 amide bonds. The molecule has 0 aromatic heterocycles. The number of rotatable bonds is 1. The zero-order chi connectivity index (χ0) is 11.7. The fraction of sp³-hybridized carbons (Fsp3) is 0.500. The normalized spacial score (nSPS) is 23.5. The van der Waals surface area contributed by atoms with E-state index in [2.05, 4.69) is 6.07 Å². The molecule has 1 aromatic carbocycles. The molecule has 1 saturated heterocycles. The smallest absolute Gasteiger partial charge is 0.256 e. The van der Waals surface area contributed by atoms with Gasteiger partial charge in [0.25, 0.3) is 5.91 Å². The molecule has 0 aliphatic carbocycles. The minimum absolute atomic E-state index is 0.148. The second kappa shape index (κ2) is 4.49. The monoisotopic (exact) mass is 231 g/mol. The number of nitrogens with zero attached hydrogens (tertiary/aromatic N) is 1. The summed E-state index contributed by atoms with van der Waals surface area (Å²) in [5.41, 5.74) is 2.33. The van der Waals surface area contributed by atoms with Crippen LogP contribution in [0.3, 0.4) is 0 Å². The maximum atomic E-state index is 12.4. The SMILES string of the molecule is O=C(C1OCCc2ccccc21)N1CCCC1. The zero-order valence-corrected chi connectivity index (χ0v) is 9.89. The van der Waals surface area contributed by atoms with Crippen LogP contribution in [0.25, 0.3) is 0 Å². The van der Waals surface area contributed by atoms with Gasteiger partial charge < -0.3 is 9.64 Å². The lowest BCUT2D eigenvalue weighted by atomic mass is 9.97. The Kier molecular flexibility index (Phi) is 2.85. The Balaban J connectivity index is 1.86. The van der Waals surface area contributed by atoms with Crippen molar-refractivity contribution in [2.75, 3.05) is 19.7 Å². The summed E-state index contributed by atoms with van der Waals surface area (Å²) in [4.78, 5) is 14.3. The molecule has 0 radical (unpaired) electrons. The van der Waals surface area contributed by atoms with Gasteiger partial charge in [0.2, 0.25) is 0 Å². The van der Waals surface area contributed by atoms with Crippen LogP contribution in [0.5, 0.6) is 0 Å². The van der Waals surface area contributed by atoms with Crippen LogP contribution in [0.1, 0.15) is 30.1 Å². The number of ether oxygens (including phenoxy) is 1. The average Bonchev–Trinajstić information content (AvgIpc) is 2.91. The molecule has 1 unspecified atom stereocenters. The van der Waals surface area contributed by atoms with E-state index in [-0.39, 0.29) is 12.0 Å². The molecule has 0 saturated carbocycles. The highest BCUT2D eigenvalue weighted by Crippen LogP contribution is 2.29. The zero-order valence-electron chi connectivity index (χ0n) is 9.89. The van der Waals surface area contributed by atoms with Crippen LogP contribution >= 0.6 is 0 Å². The lowest BCUT2D eigenvalue weighted by Crippen LogP contribution is -2.36. The Morgan fingerprint density at radius 1 is 1.24 bits per heavy atom. The van der Waals surface area contributed by atoms with Crippen molar-refractivity contribution in [1.29, 1.82) is 0 Å². The molecule has 3 heteroatoms. The van der Waals surface area contributed by atoms with E-state index in [0.717, 1.165) is 37.9 Å². The summed E-state index contributed by atoms with van der Waals surface area (Å²) < 4.78 is 5.69. The van der Waals surface area contributed by atoms with Gasteiger partial charge in [0.1, 0.15) is 0 Å². The Hall–Kier alpha value is -1.35. The molecule has 1 aromatic rings. The second-order valence-corrected chi connectivity index (χ2v) is 4.73. The van der Waals surface area contributed by atoms with Gasteiger partial charge in [-0.25, -0.2) is 0 Å². The Morgan fingerprint density at radius 3 is 2.82 bits per heavy atom. The molecule has 0 spiro atoms. The second-order valence-electron chi connectivity index (χ2n) is 4.73. The molecule has 2 heterocycles. The maximum absolute atomic E-state index is 12.4. The molecule has 1 atom stereocenters. The fourth-order valence-corrected chi connectivity index (χ4v) is 2.70. The van der Waals surface area contributed by atoms with E-state index in [4.69, 9.17) is 4.74 Å². The minimum atomic E-state index is -0.363. The van der Waals surface area contributed by atoms with Crippen molar-refractivity contribution in [3.05, 3.63) is 35.4 Å². The maximum Gasteiger partial charge on any atom is 0.256 e. The summed E-state index contributed by atoms with van der Waals surface area (Å²) in [6.45, 7) is 2.43. The molecule has 3 nitrogen and oxygen atoms in total. The van der Waals surface area contributed by atoms with E-state index in [1.54, 1.807) is 0 Å². The molecule has 2 aliphatic heterocycles. The van der Waals surface area contributed by atoms with Gasteiger partial charge in [0.15, 0.2) is 6.10 Å². The van der Waals surface area contributed by atoms with Crippen LogP contribution in [0.15, 0.2) is 24.3 Å². The number of carbonyl (C=O) groups excluding carboxylic acids is 1. The highest BCUT2D eigenvalue weighted by molar-refractivity contribution is 5.83. The summed E-state index contributed by atoms with van der Waals surface area (Å²) in [6.07, 6.45) is 2.80. The molecular weight excluding hydrogens is 214 g/mol. The van der Waals surface area contributed by atoms with Crippen molar-refractivity contribution in [1.82, 2.24) is 4.90 Å². The standard InChI is InChI=1S/C14H17NO2/c16-14(15-8-3-4-9-15)13-12-6-2-1-5-11(12)7-10-17-13/h1-2,5-6,13H,3-4,7-10H2. The van der Waals surface area contributed by atoms with E-state index in [1.807, 2.05) is 23.1 Å². The molecule has 0 N–H and O–H groups in total. The predicted molar refractivity (Wildman–Crippen MR) is 64.7 cm³/mol. The van der Waals surface area contributed by atoms with E-state index in [0.29, 0.717) is 6.61 Å². The van der Waals surface area contributed by atoms with E-state index < -0.39 is 0 Å². The van der Waals surface area contributed by atoms with Crippen molar-refractivity contribution < 1.29 is 9.53 Å². The first-order valence-corrected chi connectivity index (χ1v) is 6.34. The highest BCUT2D eigenvalue weighted by atomic mass is 16.5. The van der Waals surface area contributed by atoms with E-state index in [1.165, 1.54) is 5.56 Å². The molecule has 1 fully saturated rings. The van der Waals surface area contributed by atoms with Gasteiger partial charge in [-0.2, -0.15) is 0 Å². The van der Waals surface area contributed by atoms with Gasteiger partial charge in [0.05, 0.1) is 6.61 Å². The van der Waals surface area contributed by atoms with Crippen LogP contribution in [-0.2, 0) is 16.0 Å². The third-order valence-electron chi connectivity index (χ3n) is 3.64. The van der Waals surface area contributed by atoms with Gasteiger partial charge in [-0.05, 0) is 30.4 Å². The van der Waals surface area contributed by atoms with Gasteiger partial charge in [-0.1, -0.05) is 24.3 Å². The number of amides is 1. The summed E-state index contributed by atoms with van der Waals surface area (Å²) in [5.74, 6) is 0.148. The number of likely N-dealkylation sites (tertiary alicyclic amines) is 1. The first-order valence-electron chi connectivity index (χ1n) is 6.34. The van der Waals surface area contributed by atoms with Crippen LogP contribution < -0.4 is 0 Å². The highest BCUT2D eigenvalue weighted by Gasteiger charge is 2.31. The minimum Gasteiger partial charge on any atom is -0.363 e. The van der Waals surface area contributed by atoms with Crippen molar-refractivity contribution in [3.63, 3.8) is 0 Å². The first-order chi connectivity index (χ1) is 8.36. The quantitative estimate of drug-likeness (QED) is 0.739. The van der Waals surface area contributed by atoms with Gasteiger partial charge in [-0.3, -0.25) is 4.79 Å². The predicted octanol–water partition coefficient (Wildman–Crippen LogP) is 1.92. The lowest BCUT2D eigenvalue weighted by molar-refractivity contribution is -0.144. The third kappa shape index (κ3) is 1.95. The molecular formula is C14H17NO2. The number of fused-ring (bicyclic) bond motifs is 1. The molecule has 0 bridgehead atoms. The number of hydrogen-bond acceptors (Lipinski definition) is 2. The van der Waals surface area contributed by atoms with E-state index in [9.17, 15) is 4.79 Å². The van der Waals surface area contributed by atoms with Crippen molar-refractivity contribution >= 4 is 5.91 Å². The molecule has 2 aliphatic rings. The topological polar surface area (TPSA) is 29.5 Å². The molecule has 17 heavy (non-hydrogen) atoms. The Bertz CT molecular complexity index is 424. The number of hydrogen-bond donors (Lipinski definition) is 0. The summed E-state index contributed by atoms with van der Waals surface area (Å²) >= 11 is 0. The first kappa shape index (κ1) is 10.8. The van der Waals surface area contributed by atoms with Crippen LogP contribution in [0, 0.1) is 0 Å². The van der Waals surface area contributed by atoms with Crippen molar-refractivity contribution in [3.8, 4) is 0 Å². The molecule has 90 valence electrons. The number of benzene rings is 1. The summed E-state index contributed by atoms with van der Waals surface area (Å²) in [5, 5.41) is 0. The van der Waals surface area contributed by atoms with Crippen LogP contribution in [-0.4, -0.2) is 30.5 Å². The third-order valence-corrected chi connectivity index (χ3v) is 3.64. The Morgan fingerprint density at radius 2 is 2.00 bits per heavy atom. The largest absolute Gasteiger partial charge is 0.363 e. The average molecular weight is 231 g/mol. The van der Waals surface area contributed by atoms with Crippen molar-refractivity contribution in [2.24, 2.45) is 0 Å². The van der Waals surface area contributed by atoms with Crippen molar-refractivity contribution in [2.45, 2.75) is 25.4 Å². The lowest BCUT2D eigenvalue weighted by Gasteiger charge is -2.28. The van der Waals surface area contributed by atoms with Crippen LogP contribution in [0.4, 0.5) is 0 Å². The van der Waals surface area contributed by atoms with Crippen LogP contribution in [0.2, 0.25) is 0 Å². The number of carbonyl (C=O) groups is 1. The fourth-order valence-electron chi connectivity index (χ4n) is 2.70. The Labute approximate surface area is 101 Å². The summed E-state index contributed by atoms with van der Waals surface area (Å²) in [6, 6.07) is 8.13. The summed E-state index contributed by atoms with van der Waals surface area (Å²) in [7, 11) is 0. The van der Waals surface area contributed by atoms with Gasteiger partial charge >= 0.3 is 0 Å². The van der Waals surface area contributed by atoms with Gasteiger partial charge in [0, 0.05) is 13.1 Å². The van der Waals surface area contributed by atoms with E-state index >= 15 is 0 Å². The molecule has 3 rings (SSSR count). The van der Waals surface area contributed by atoms with Gasteiger partial charge in [-0.15, -0.1) is 0 Å².